The fourth-order valence-electron chi connectivity index (χ4n) is 3.26. The molecule has 26 heavy (non-hydrogen) atoms. The lowest BCUT2D eigenvalue weighted by molar-refractivity contribution is 0.176. The van der Waals surface area contributed by atoms with E-state index in [-0.39, 0.29) is 17.6 Å². The second kappa shape index (κ2) is 7.76. The number of nitrogens with zero attached hydrogens (tertiary/aromatic N) is 2. The summed E-state index contributed by atoms with van der Waals surface area (Å²) >= 11 is 0. The Kier molecular flexibility index (Phi) is 5.44. The number of likely N-dealkylation sites (tertiary alicyclic amines) is 1. The van der Waals surface area contributed by atoms with Gasteiger partial charge in [0.25, 0.3) is 0 Å². The van der Waals surface area contributed by atoms with Gasteiger partial charge in [-0.3, -0.25) is 4.98 Å². The molecule has 0 bridgehead atoms. The van der Waals surface area contributed by atoms with Crippen LogP contribution in [0.5, 0.6) is 0 Å². The number of piperidine rings is 1. The van der Waals surface area contributed by atoms with Crippen LogP contribution < -0.4 is 5.32 Å². The molecule has 2 aromatic rings. The van der Waals surface area contributed by atoms with Gasteiger partial charge in [0.1, 0.15) is 5.82 Å². The summed E-state index contributed by atoms with van der Waals surface area (Å²) in [6, 6.07) is 5.73. The first-order chi connectivity index (χ1) is 12.5. The van der Waals surface area contributed by atoms with Crippen LogP contribution >= 0.6 is 0 Å². The first-order valence-electron chi connectivity index (χ1n) is 8.56. The van der Waals surface area contributed by atoms with Crippen molar-refractivity contribution < 1.29 is 18.0 Å². The highest BCUT2D eigenvalue weighted by atomic mass is 19.2. The predicted molar refractivity (Wildman–Crippen MR) is 91.0 cm³/mol. The van der Waals surface area contributed by atoms with Gasteiger partial charge in [0, 0.05) is 25.2 Å². The summed E-state index contributed by atoms with van der Waals surface area (Å²) in [5.74, 6) is -2.31. The van der Waals surface area contributed by atoms with Crippen LogP contribution in [-0.4, -0.2) is 29.0 Å². The van der Waals surface area contributed by atoms with E-state index in [0.29, 0.717) is 18.7 Å². The molecule has 2 heterocycles. The molecule has 1 aliphatic heterocycles. The van der Waals surface area contributed by atoms with Gasteiger partial charge in [0.05, 0.1) is 11.7 Å². The number of hydrogen-bond acceptors (Lipinski definition) is 2. The van der Waals surface area contributed by atoms with E-state index in [4.69, 9.17) is 0 Å². The molecule has 1 unspecified atom stereocenters. The van der Waals surface area contributed by atoms with E-state index < -0.39 is 23.5 Å². The van der Waals surface area contributed by atoms with Crippen LogP contribution in [-0.2, 0) is 0 Å². The van der Waals surface area contributed by atoms with Crippen molar-refractivity contribution in [2.24, 2.45) is 0 Å². The summed E-state index contributed by atoms with van der Waals surface area (Å²) in [6.07, 6.45) is 3.02. The number of amides is 2. The molecule has 1 aliphatic rings. The molecule has 4 nitrogen and oxygen atoms in total. The first-order valence-corrected chi connectivity index (χ1v) is 8.56. The standard InChI is InChI=1S/C19H20F3N3O/c1-12(18-16(21)5-2-8-23-18)24-19(26)25-9-3-4-14(11-25)13-6-7-15(20)17(22)10-13/h2,5-8,10,12,14H,3-4,9,11H2,1H3,(H,24,26)/t12-,14?/m0/s1. The van der Waals surface area contributed by atoms with Gasteiger partial charge in [-0.1, -0.05) is 6.07 Å². The van der Waals surface area contributed by atoms with Crippen LogP contribution in [0.25, 0.3) is 0 Å². The molecule has 1 fully saturated rings. The third-order valence-corrected chi connectivity index (χ3v) is 4.66. The topological polar surface area (TPSA) is 45.2 Å². The third-order valence-electron chi connectivity index (χ3n) is 4.66. The molecule has 1 saturated heterocycles. The Morgan fingerprint density at radius 2 is 2.04 bits per heavy atom. The molecule has 3 rings (SSSR count). The number of urea groups is 1. The van der Waals surface area contributed by atoms with E-state index in [1.54, 1.807) is 17.9 Å². The van der Waals surface area contributed by atoms with Crippen LogP contribution in [0.2, 0.25) is 0 Å². The molecule has 0 spiro atoms. The van der Waals surface area contributed by atoms with Crippen LogP contribution in [0.3, 0.4) is 0 Å². The highest BCUT2D eigenvalue weighted by Crippen LogP contribution is 2.28. The Morgan fingerprint density at radius 1 is 1.23 bits per heavy atom. The van der Waals surface area contributed by atoms with Crippen LogP contribution in [0.1, 0.15) is 43.0 Å². The van der Waals surface area contributed by atoms with Gasteiger partial charge in [-0.2, -0.15) is 0 Å². The number of hydrogen-bond donors (Lipinski definition) is 1. The third kappa shape index (κ3) is 3.98. The maximum atomic E-state index is 13.8. The van der Waals surface area contributed by atoms with Crippen molar-refractivity contribution in [3.63, 3.8) is 0 Å². The summed E-state index contributed by atoms with van der Waals surface area (Å²) in [5, 5.41) is 2.75. The highest BCUT2D eigenvalue weighted by molar-refractivity contribution is 5.74. The van der Waals surface area contributed by atoms with Gasteiger partial charge in [-0.05, 0) is 49.6 Å². The zero-order valence-corrected chi connectivity index (χ0v) is 14.4. The Balaban J connectivity index is 1.66. The minimum absolute atomic E-state index is 0.0634. The van der Waals surface area contributed by atoms with Gasteiger partial charge >= 0.3 is 6.03 Å². The smallest absolute Gasteiger partial charge is 0.317 e. The SMILES string of the molecule is C[C@H](NC(=O)N1CCCC(c2ccc(F)c(F)c2)C1)c1ncccc1F. The van der Waals surface area contributed by atoms with Crippen LogP contribution in [0, 0.1) is 17.5 Å². The number of benzene rings is 1. The van der Waals surface area contributed by atoms with Gasteiger partial charge in [0.2, 0.25) is 0 Å². The maximum absolute atomic E-state index is 13.8. The minimum Gasteiger partial charge on any atom is -0.330 e. The van der Waals surface area contributed by atoms with E-state index in [2.05, 4.69) is 10.3 Å². The van der Waals surface area contributed by atoms with Gasteiger partial charge in [-0.15, -0.1) is 0 Å². The average Bonchev–Trinajstić information content (AvgIpc) is 2.64. The lowest BCUT2D eigenvalue weighted by Gasteiger charge is -2.33. The number of pyridine rings is 1. The molecular weight excluding hydrogens is 343 g/mol. The zero-order chi connectivity index (χ0) is 18.7. The van der Waals surface area contributed by atoms with Gasteiger partial charge < -0.3 is 10.2 Å². The van der Waals surface area contributed by atoms with E-state index in [0.717, 1.165) is 18.9 Å². The molecule has 0 radical (unpaired) electrons. The summed E-state index contributed by atoms with van der Waals surface area (Å²) in [6.45, 7) is 2.62. The molecule has 0 aliphatic carbocycles. The molecule has 1 aromatic carbocycles. The van der Waals surface area contributed by atoms with Crippen molar-refractivity contribution in [3.8, 4) is 0 Å². The monoisotopic (exact) mass is 363 g/mol. The number of carbonyl (C=O) groups is 1. The van der Waals surface area contributed by atoms with Crippen LogP contribution in [0.4, 0.5) is 18.0 Å². The number of rotatable bonds is 3. The van der Waals surface area contributed by atoms with E-state index in [1.807, 2.05) is 0 Å². The largest absolute Gasteiger partial charge is 0.330 e. The molecule has 138 valence electrons. The molecule has 0 saturated carbocycles. The normalized spacial score (nSPS) is 18.5. The minimum atomic E-state index is -0.886. The first kappa shape index (κ1) is 18.2. The second-order valence-corrected chi connectivity index (χ2v) is 6.50. The van der Waals surface area contributed by atoms with Crippen molar-refractivity contribution >= 4 is 6.03 Å². The van der Waals surface area contributed by atoms with Crippen molar-refractivity contribution in [3.05, 3.63) is 65.2 Å². The highest BCUT2D eigenvalue weighted by Gasteiger charge is 2.26. The molecule has 7 heteroatoms. The Bertz CT molecular complexity index is 799. The second-order valence-electron chi connectivity index (χ2n) is 6.50. The quantitative estimate of drug-likeness (QED) is 0.890. The van der Waals surface area contributed by atoms with Gasteiger partial charge in [0.15, 0.2) is 11.6 Å². The summed E-state index contributed by atoms with van der Waals surface area (Å²) in [7, 11) is 0. The van der Waals surface area contributed by atoms with E-state index >= 15 is 0 Å². The van der Waals surface area contributed by atoms with E-state index in [9.17, 15) is 18.0 Å². The Labute approximate surface area is 150 Å². The molecule has 1 N–H and O–H groups in total. The predicted octanol–water partition coefficient (Wildman–Crippen LogP) is 4.15. The molecule has 2 amide bonds. The number of carbonyl (C=O) groups excluding carboxylic acids is 1. The zero-order valence-electron chi connectivity index (χ0n) is 14.4. The Morgan fingerprint density at radius 3 is 2.77 bits per heavy atom. The molecule has 1 aromatic heterocycles. The molecular formula is C19H20F3N3O. The van der Waals surface area contributed by atoms with Crippen LogP contribution in [0.15, 0.2) is 36.5 Å². The number of nitrogens with one attached hydrogen (secondary N) is 1. The van der Waals surface area contributed by atoms with Crippen molar-refractivity contribution in [1.29, 1.82) is 0 Å². The summed E-state index contributed by atoms with van der Waals surface area (Å²) in [4.78, 5) is 18.1. The lowest BCUT2D eigenvalue weighted by atomic mass is 9.90. The fraction of sp³-hybridized carbons (Fsp3) is 0.368. The summed E-state index contributed by atoms with van der Waals surface area (Å²) in [5.41, 5.74) is 0.847. The van der Waals surface area contributed by atoms with E-state index in [1.165, 1.54) is 24.4 Å². The summed E-state index contributed by atoms with van der Waals surface area (Å²) < 4.78 is 40.4. The fourth-order valence-corrected chi connectivity index (χ4v) is 3.26. The molecule has 2 atom stereocenters. The Hall–Kier alpha value is -2.57. The lowest BCUT2D eigenvalue weighted by Crippen LogP contribution is -2.45. The van der Waals surface area contributed by atoms with Crippen molar-refractivity contribution in [1.82, 2.24) is 15.2 Å². The number of aromatic nitrogens is 1. The number of halogens is 3. The van der Waals surface area contributed by atoms with Crippen molar-refractivity contribution in [2.45, 2.75) is 31.7 Å². The van der Waals surface area contributed by atoms with Gasteiger partial charge in [-0.25, -0.2) is 18.0 Å². The van der Waals surface area contributed by atoms with Crippen molar-refractivity contribution in [2.75, 3.05) is 13.1 Å². The maximum Gasteiger partial charge on any atom is 0.317 e. The average molecular weight is 363 g/mol.